The van der Waals surface area contributed by atoms with Gasteiger partial charge in [0.25, 0.3) is 0 Å². The molecule has 0 aliphatic carbocycles. The lowest BCUT2D eigenvalue weighted by Gasteiger charge is -2.21. The number of nitrogens with two attached hydrogens (primary N) is 1. The van der Waals surface area contributed by atoms with Gasteiger partial charge in [-0.3, -0.25) is 4.90 Å². The fourth-order valence-corrected chi connectivity index (χ4v) is 2.07. The molecular formula is C15H26N2O. The van der Waals surface area contributed by atoms with Gasteiger partial charge in [-0.1, -0.05) is 38.0 Å². The first-order chi connectivity index (χ1) is 8.77. The lowest BCUT2D eigenvalue weighted by molar-refractivity contribution is 0.263. The van der Waals surface area contributed by atoms with Crippen LogP contribution in [0.2, 0.25) is 0 Å². The first-order valence-corrected chi connectivity index (χ1v) is 6.94. The minimum Gasteiger partial charge on any atom is -0.398 e. The van der Waals surface area contributed by atoms with Crippen LogP contribution in [-0.4, -0.2) is 29.7 Å². The lowest BCUT2D eigenvalue weighted by atomic mass is 10.1. The Labute approximate surface area is 111 Å². The maximum atomic E-state index is 8.72. The summed E-state index contributed by atoms with van der Waals surface area (Å²) >= 11 is 0. The van der Waals surface area contributed by atoms with Gasteiger partial charge in [0.2, 0.25) is 0 Å². The summed E-state index contributed by atoms with van der Waals surface area (Å²) in [7, 11) is 0. The monoisotopic (exact) mass is 250 g/mol. The van der Waals surface area contributed by atoms with Crippen molar-refractivity contribution >= 4 is 5.69 Å². The van der Waals surface area contributed by atoms with Gasteiger partial charge in [0.15, 0.2) is 0 Å². The molecular weight excluding hydrogens is 224 g/mol. The fourth-order valence-electron chi connectivity index (χ4n) is 2.07. The van der Waals surface area contributed by atoms with E-state index in [9.17, 15) is 0 Å². The van der Waals surface area contributed by atoms with Gasteiger partial charge in [-0.05, 0) is 37.6 Å². The molecule has 102 valence electrons. The van der Waals surface area contributed by atoms with E-state index in [0.717, 1.165) is 38.2 Å². The summed E-state index contributed by atoms with van der Waals surface area (Å²) in [5.74, 6) is 0. The molecule has 0 bridgehead atoms. The second-order valence-corrected chi connectivity index (χ2v) is 4.71. The van der Waals surface area contributed by atoms with Crippen molar-refractivity contribution in [3.8, 4) is 0 Å². The van der Waals surface area contributed by atoms with Crippen LogP contribution in [0.3, 0.4) is 0 Å². The maximum Gasteiger partial charge on any atom is 0.0431 e. The molecule has 1 rings (SSSR count). The van der Waals surface area contributed by atoms with Gasteiger partial charge in [-0.25, -0.2) is 0 Å². The van der Waals surface area contributed by atoms with Crippen molar-refractivity contribution in [2.45, 2.75) is 39.2 Å². The Morgan fingerprint density at radius 3 is 2.50 bits per heavy atom. The van der Waals surface area contributed by atoms with E-state index in [0.29, 0.717) is 6.61 Å². The number of benzene rings is 1. The van der Waals surface area contributed by atoms with Crippen molar-refractivity contribution in [2.75, 3.05) is 25.4 Å². The van der Waals surface area contributed by atoms with Crippen molar-refractivity contribution in [3.05, 3.63) is 29.8 Å². The molecule has 0 radical (unpaired) electrons. The number of nitrogens with zero attached hydrogens (tertiary/aromatic N) is 1. The van der Waals surface area contributed by atoms with E-state index < -0.39 is 0 Å². The molecule has 0 amide bonds. The van der Waals surface area contributed by atoms with Crippen LogP contribution in [0.15, 0.2) is 24.3 Å². The molecule has 0 saturated carbocycles. The van der Waals surface area contributed by atoms with Crippen molar-refractivity contribution in [1.29, 1.82) is 0 Å². The normalized spacial score (nSPS) is 11.1. The van der Waals surface area contributed by atoms with Crippen molar-refractivity contribution in [3.63, 3.8) is 0 Å². The van der Waals surface area contributed by atoms with E-state index in [-0.39, 0.29) is 0 Å². The number of anilines is 1. The molecule has 1 aromatic rings. The highest BCUT2D eigenvalue weighted by atomic mass is 16.2. The molecule has 0 heterocycles. The SMILES string of the molecule is CCN(CCCCCCO)Cc1ccccc1N. The van der Waals surface area contributed by atoms with Crippen LogP contribution in [0.4, 0.5) is 5.69 Å². The highest BCUT2D eigenvalue weighted by Crippen LogP contribution is 2.14. The van der Waals surface area contributed by atoms with E-state index in [1.807, 2.05) is 18.2 Å². The predicted octanol–water partition coefficient (Wildman–Crippen LogP) is 2.64. The average Bonchev–Trinajstić information content (AvgIpc) is 2.39. The summed E-state index contributed by atoms with van der Waals surface area (Å²) in [6.45, 7) is 5.60. The van der Waals surface area contributed by atoms with E-state index in [1.54, 1.807) is 0 Å². The molecule has 0 aromatic heterocycles. The Kier molecular flexibility index (Phi) is 7.46. The molecule has 1 aromatic carbocycles. The smallest absolute Gasteiger partial charge is 0.0431 e. The molecule has 0 aliphatic rings. The summed E-state index contributed by atoms with van der Waals surface area (Å²) in [6, 6.07) is 8.08. The zero-order chi connectivity index (χ0) is 13.2. The van der Waals surface area contributed by atoms with Gasteiger partial charge in [-0.15, -0.1) is 0 Å². The molecule has 3 N–H and O–H groups in total. The number of rotatable bonds is 9. The molecule has 18 heavy (non-hydrogen) atoms. The molecule has 0 atom stereocenters. The third-order valence-electron chi connectivity index (χ3n) is 3.28. The Morgan fingerprint density at radius 2 is 1.83 bits per heavy atom. The van der Waals surface area contributed by atoms with Gasteiger partial charge >= 0.3 is 0 Å². The van der Waals surface area contributed by atoms with Crippen LogP contribution in [0.25, 0.3) is 0 Å². The van der Waals surface area contributed by atoms with E-state index in [1.165, 1.54) is 18.4 Å². The maximum absolute atomic E-state index is 8.72. The third-order valence-corrected chi connectivity index (χ3v) is 3.28. The van der Waals surface area contributed by atoms with Crippen molar-refractivity contribution in [2.24, 2.45) is 0 Å². The topological polar surface area (TPSA) is 49.5 Å². The number of para-hydroxylation sites is 1. The summed E-state index contributed by atoms with van der Waals surface area (Å²) < 4.78 is 0. The highest BCUT2D eigenvalue weighted by molar-refractivity contribution is 5.46. The molecule has 0 fully saturated rings. The largest absolute Gasteiger partial charge is 0.398 e. The van der Waals surface area contributed by atoms with Crippen LogP contribution in [0.5, 0.6) is 0 Å². The number of hydrogen-bond donors (Lipinski definition) is 2. The number of nitrogen functional groups attached to an aromatic ring is 1. The van der Waals surface area contributed by atoms with E-state index >= 15 is 0 Å². The van der Waals surface area contributed by atoms with Crippen LogP contribution >= 0.6 is 0 Å². The Morgan fingerprint density at radius 1 is 1.11 bits per heavy atom. The zero-order valence-electron chi connectivity index (χ0n) is 11.4. The number of unbranched alkanes of at least 4 members (excludes halogenated alkanes) is 3. The van der Waals surface area contributed by atoms with Crippen molar-refractivity contribution < 1.29 is 5.11 Å². The van der Waals surface area contributed by atoms with Gasteiger partial charge in [0.05, 0.1) is 0 Å². The third kappa shape index (κ3) is 5.52. The highest BCUT2D eigenvalue weighted by Gasteiger charge is 2.05. The van der Waals surface area contributed by atoms with E-state index in [2.05, 4.69) is 17.9 Å². The minimum atomic E-state index is 0.318. The molecule has 3 nitrogen and oxygen atoms in total. The second kappa shape index (κ2) is 8.95. The summed E-state index contributed by atoms with van der Waals surface area (Å²) in [5, 5.41) is 8.72. The molecule has 0 saturated heterocycles. The summed E-state index contributed by atoms with van der Waals surface area (Å²) in [4.78, 5) is 2.42. The molecule has 3 heteroatoms. The van der Waals surface area contributed by atoms with Crippen LogP contribution in [0, 0.1) is 0 Å². The van der Waals surface area contributed by atoms with Gasteiger partial charge in [0, 0.05) is 18.8 Å². The van der Waals surface area contributed by atoms with E-state index in [4.69, 9.17) is 10.8 Å². The van der Waals surface area contributed by atoms with Gasteiger partial charge < -0.3 is 10.8 Å². The van der Waals surface area contributed by atoms with Crippen LogP contribution in [-0.2, 0) is 6.54 Å². The van der Waals surface area contributed by atoms with Crippen molar-refractivity contribution in [1.82, 2.24) is 4.90 Å². The number of hydrogen-bond acceptors (Lipinski definition) is 3. The minimum absolute atomic E-state index is 0.318. The van der Waals surface area contributed by atoms with Crippen LogP contribution in [0.1, 0.15) is 38.2 Å². The predicted molar refractivity (Wildman–Crippen MR) is 77.4 cm³/mol. The summed E-state index contributed by atoms with van der Waals surface area (Å²) in [5.41, 5.74) is 8.07. The molecule has 0 spiro atoms. The second-order valence-electron chi connectivity index (χ2n) is 4.71. The van der Waals surface area contributed by atoms with Crippen LogP contribution < -0.4 is 5.73 Å². The average molecular weight is 250 g/mol. The Bertz CT molecular complexity index is 328. The van der Waals surface area contributed by atoms with Gasteiger partial charge in [-0.2, -0.15) is 0 Å². The first kappa shape index (κ1) is 15.0. The number of aliphatic hydroxyl groups is 1. The molecule has 0 aliphatic heterocycles. The quantitative estimate of drug-likeness (QED) is 0.523. The Hall–Kier alpha value is -1.06. The Balaban J connectivity index is 2.31. The lowest BCUT2D eigenvalue weighted by Crippen LogP contribution is -2.24. The van der Waals surface area contributed by atoms with Gasteiger partial charge in [0.1, 0.15) is 0 Å². The number of aliphatic hydroxyl groups excluding tert-OH is 1. The summed E-state index contributed by atoms with van der Waals surface area (Å²) in [6.07, 6.45) is 4.45. The standard InChI is InChI=1S/C15H26N2O/c1-2-17(11-7-3-4-8-12-18)13-14-9-5-6-10-15(14)16/h5-6,9-10,18H,2-4,7-8,11-13,16H2,1H3. The molecule has 0 unspecified atom stereocenters. The zero-order valence-corrected chi connectivity index (χ0v) is 11.4. The fraction of sp³-hybridized carbons (Fsp3) is 0.600. The first-order valence-electron chi connectivity index (χ1n) is 6.94.